The topological polar surface area (TPSA) is 104 Å². The molecule has 0 saturated heterocycles. The number of anilines is 1. The van der Waals surface area contributed by atoms with E-state index in [1.165, 1.54) is 24.3 Å². The van der Waals surface area contributed by atoms with Gasteiger partial charge in [0, 0.05) is 6.26 Å². The minimum atomic E-state index is -4.93. The van der Waals surface area contributed by atoms with Gasteiger partial charge in [0.2, 0.25) is 0 Å². The fourth-order valence-electron chi connectivity index (χ4n) is 2.10. The molecule has 0 spiro atoms. The first-order chi connectivity index (χ1) is 11.9. The lowest BCUT2D eigenvalue weighted by atomic mass is 10.1. The number of sulfonamides is 1. The number of nitrogens with zero attached hydrogens (tertiary/aromatic N) is 1. The molecule has 0 fully saturated rings. The van der Waals surface area contributed by atoms with Crippen LogP contribution >= 0.6 is 0 Å². The highest BCUT2D eigenvalue weighted by atomic mass is 32.2. The Morgan fingerprint density at radius 3 is 2.19 bits per heavy atom. The standard InChI is InChI=1S/C15H11F3N2O4S2/c1-25(21,22)14-5-3-2-4-13(14)20-26(23,24)11-7-6-10(9-19)12(8-11)15(16,17)18/h2-8,20H,1H3. The molecule has 2 aromatic rings. The van der Waals surface area contributed by atoms with Gasteiger partial charge in [-0.25, -0.2) is 16.8 Å². The number of benzene rings is 2. The Morgan fingerprint density at radius 2 is 1.65 bits per heavy atom. The number of hydrogen-bond acceptors (Lipinski definition) is 5. The van der Waals surface area contributed by atoms with Gasteiger partial charge in [-0.1, -0.05) is 12.1 Å². The van der Waals surface area contributed by atoms with Crippen LogP contribution in [0, 0.1) is 11.3 Å². The van der Waals surface area contributed by atoms with E-state index < -0.39 is 42.1 Å². The highest BCUT2D eigenvalue weighted by Gasteiger charge is 2.35. The van der Waals surface area contributed by atoms with E-state index >= 15 is 0 Å². The van der Waals surface area contributed by atoms with E-state index in [1.54, 1.807) is 0 Å². The number of para-hydroxylation sites is 1. The predicted molar refractivity (Wildman–Crippen MR) is 86.5 cm³/mol. The zero-order valence-corrected chi connectivity index (χ0v) is 14.7. The third-order valence-electron chi connectivity index (χ3n) is 3.26. The van der Waals surface area contributed by atoms with Crippen molar-refractivity contribution in [2.45, 2.75) is 16.0 Å². The molecule has 0 amide bonds. The van der Waals surface area contributed by atoms with E-state index in [0.717, 1.165) is 24.5 Å². The van der Waals surface area contributed by atoms with E-state index in [0.29, 0.717) is 6.07 Å². The number of alkyl halides is 3. The molecule has 0 heterocycles. The first-order valence-electron chi connectivity index (χ1n) is 6.79. The van der Waals surface area contributed by atoms with Crippen LogP contribution in [0.5, 0.6) is 0 Å². The summed E-state index contributed by atoms with van der Waals surface area (Å²) in [7, 11) is -8.31. The molecule has 1 N–H and O–H groups in total. The highest BCUT2D eigenvalue weighted by molar-refractivity contribution is 7.93. The molecule has 2 rings (SSSR count). The summed E-state index contributed by atoms with van der Waals surface area (Å²) in [6.45, 7) is 0. The zero-order valence-electron chi connectivity index (χ0n) is 13.1. The molecular formula is C15H11F3N2O4S2. The van der Waals surface area contributed by atoms with E-state index in [2.05, 4.69) is 0 Å². The molecule has 0 aliphatic rings. The SMILES string of the molecule is CS(=O)(=O)c1ccccc1NS(=O)(=O)c1ccc(C#N)c(C(F)(F)F)c1. The molecule has 2 aromatic carbocycles. The first-order valence-corrected chi connectivity index (χ1v) is 10.2. The lowest BCUT2D eigenvalue weighted by molar-refractivity contribution is -0.137. The van der Waals surface area contributed by atoms with Crippen molar-refractivity contribution in [3.8, 4) is 6.07 Å². The van der Waals surface area contributed by atoms with Gasteiger partial charge in [0.05, 0.1) is 32.7 Å². The van der Waals surface area contributed by atoms with Gasteiger partial charge < -0.3 is 0 Å². The number of rotatable bonds is 4. The van der Waals surface area contributed by atoms with Crippen molar-refractivity contribution in [3.05, 3.63) is 53.6 Å². The number of nitrogens with one attached hydrogen (secondary N) is 1. The quantitative estimate of drug-likeness (QED) is 0.844. The fraction of sp³-hybridized carbons (Fsp3) is 0.133. The Labute approximate surface area is 147 Å². The average Bonchev–Trinajstić information content (AvgIpc) is 2.52. The Kier molecular flexibility index (Phi) is 5.03. The summed E-state index contributed by atoms with van der Waals surface area (Å²) in [5.41, 5.74) is -2.43. The van der Waals surface area contributed by atoms with Crippen LogP contribution in [0.2, 0.25) is 0 Å². The van der Waals surface area contributed by atoms with Gasteiger partial charge in [0.1, 0.15) is 0 Å². The van der Waals surface area contributed by atoms with Gasteiger partial charge >= 0.3 is 6.18 Å². The molecule has 138 valence electrons. The smallest absolute Gasteiger partial charge is 0.278 e. The van der Waals surface area contributed by atoms with Crippen LogP contribution in [-0.2, 0) is 26.0 Å². The van der Waals surface area contributed by atoms with Crippen molar-refractivity contribution in [1.29, 1.82) is 5.26 Å². The molecule has 0 aliphatic carbocycles. The van der Waals surface area contributed by atoms with Gasteiger partial charge in [0.25, 0.3) is 10.0 Å². The van der Waals surface area contributed by atoms with Crippen molar-refractivity contribution in [2.75, 3.05) is 11.0 Å². The maximum atomic E-state index is 13.0. The molecule has 11 heteroatoms. The second-order valence-corrected chi connectivity index (χ2v) is 8.86. The van der Waals surface area contributed by atoms with Crippen LogP contribution in [0.15, 0.2) is 52.3 Å². The molecule has 0 bridgehead atoms. The molecule has 0 unspecified atom stereocenters. The molecular weight excluding hydrogens is 393 g/mol. The van der Waals surface area contributed by atoms with Crippen LogP contribution in [0.3, 0.4) is 0 Å². The van der Waals surface area contributed by atoms with Crippen molar-refractivity contribution in [2.24, 2.45) is 0 Å². The summed E-state index contributed by atoms with van der Waals surface area (Å²) in [6.07, 6.45) is -4.06. The van der Waals surface area contributed by atoms with Gasteiger partial charge in [-0.05, 0) is 30.3 Å². The lowest BCUT2D eigenvalue weighted by Crippen LogP contribution is -2.17. The number of halogens is 3. The predicted octanol–water partition coefficient (Wildman–Crippen LogP) is 2.78. The van der Waals surface area contributed by atoms with Crippen molar-refractivity contribution in [1.82, 2.24) is 0 Å². The third-order valence-corrected chi connectivity index (χ3v) is 5.78. The van der Waals surface area contributed by atoms with Crippen LogP contribution in [-0.4, -0.2) is 23.1 Å². The fourth-order valence-corrected chi connectivity index (χ4v) is 4.11. The molecule has 0 saturated carbocycles. The Morgan fingerprint density at radius 1 is 1.04 bits per heavy atom. The average molecular weight is 404 g/mol. The summed E-state index contributed by atoms with van der Waals surface area (Å²) in [4.78, 5) is -1.08. The summed E-state index contributed by atoms with van der Waals surface area (Å²) >= 11 is 0. The van der Waals surface area contributed by atoms with E-state index in [4.69, 9.17) is 5.26 Å². The van der Waals surface area contributed by atoms with Gasteiger partial charge in [-0.2, -0.15) is 18.4 Å². The maximum Gasteiger partial charge on any atom is 0.417 e. The van der Waals surface area contributed by atoms with Crippen LogP contribution < -0.4 is 4.72 Å². The lowest BCUT2D eigenvalue weighted by Gasteiger charge is -2.14. The minimum Gasteiger partial charge on any atom is -0.278 e. The molecule has 0 aromatic heterocycles. The van der Waals surface area contributed by atoms with Crippen molar-refractivity contribution < 1.29 is 30.0 Å². The van der Waals surface area contributed by atoms with E-state index in [-0.39, 0.29) is 10.6 Å². The van der Waals surface area contributed by atoms with Crippen LogP contribution in [0.4, 0.5) is 18.9 Å². The van der Waals surface area contributed by atoms with E-state index in [9.17, 15) is 30.0 Å². The van der Waals surface area contributed by atoms with Gasteiger partial charge in [-0.15, -0.1) is 0 Å². The Hall–Kier alpha value is -2.58. The molecule has 0 atom stereocenters. The van der Waals surface area contributed by atoms with Crippen LogP contribution in [0.1, 0.15) is 11.1 Å². The minimum absolute atomic E-state index is 0.298. The van der Waals surface area contributed by atoms with Crippen LogP contribution in [0.25, 0.3) is 0 Å². The normalized spacial score (nSPS) is 12.4. The number of hydrogen-bond donors (Lipinski definition) is 1. The molecule has 0 aliphatic heterocycles. The number of sulfone groups is 1. The second kappa shape index (κ2) is 6.62. The monoisotopic (exact) mass is 404 g/mol. The highest BCUT2D eigenvalue weighted by Crippen LogP contribution is 2.34. The molecule has 0 radical (unpaired) electrons. The van der Waals surface area contributed by atoms with Gasteiger partial charge in [0.15, 0.2) is 9.84 Å². The Bertz CT molecular complexity index is 1100. The maximum absolute atomic E-state index is 13.0. The zero-order chi connectivity index (χ0) is 19.8. The third kappa shape index (κ3) is 4.14. The van der Waals surface area contributed by atoms with Gasteiger partial charge in [-0.3, -0.25) is 4.72 Å². The van der Waals surface area contributed by atoms with E-state index in [1.807, 2.05) is 4.72 Å². The molecule has 6 nitrogen and oxygen atoms in total. The first kappa shape index (κ1) is 19.7. The largest absolute Gasteiger partial charge is 0.417 e. The summed E-state index contributed by atoms with van der Waals surface area (Å²) in [5.74, 6) is 0. The van der Waals surface area contributed by atoms with Crippen molar-refractivity contribution in [3.63, 3.8) is 0 Å². The Balaban J connectivity index is 2.56. The number of nitriles is 1. The van der Waals surface area contributed by atoms with Crippen molar-refractivity contribution >= 4 is 25.5 Å². The summed E-state index contributed by atoms with van der Waals surface area (Å²) in [6, 6.07) is 8.31. The summed E-state index contributed by atoms with van der Waals surface area (Å²) < 4.78 is 89.2. The second-order valence-electron chi connectivity index (χ2n) is 5.19. The summed E-state index contributed by atoms with van der Waals surface area (Å²) in [5, 5.41) is 8.75. The molecule has 26 heavy (non-hydrogen) atoms.